The third kappa shape index (κ3) is 5.51. The van der Waals surface area contributed by atoms with Crippen molar-refractivity contribution in [2.24, 2.45) is 5.92 Å². The predicted octanol–water partition coefficient (Wildman–Crippen LogP) is 12.3. The van der Waals surface area contributed by atoms with Gasteiger partial charge in [-0.15, -0.1) is 0 Å². The van der Waals surface area contributed by atoms with Crippen LogP contribution in [0.4, 0.5) is 0 Å². The molecule has 4 nitrogen and oxygen atoms in total. The van der Waals surface area contributed by atoms with Gasteiger partial charge in [-0.05, 0) is 76.2 Å². The van der Waals surface area contributed by atoms with E-state index in [4.69, 9.17) is 9.97 Å². The highest BCUT2D eigenvalue weighted by Gasteiger charge is 2.23. The molecule has 2 N–H and O–H groups in total. The number of benzene rings is 4. The molecule has 0 atom stereocenters. The first-order valence-electron chi connectivity index (χ1n) is 17.5. The number of hydrogen-bond donors (Lipinski definition) is 2. The van der Waals surface area contributed by atoms with E-state index in [-0.39, 0.29) is 5.92 Å². The molecule has 2 aliphatic heterocycles. The predicted molar refractivity (Wildman–Crippen MR) is 214 cm³/mol. The summed E-state index contributed by atoms with van der Waals surface area (Å²) in [5.74, 6) is 0.240. The Labute approximate surface area is 297 Å². The second kappa shape index (κ2) is 12.7. The quantitative estimate of drug-likeness (QED) is 0.194. The molecule has 244 valence electrons. The molecule has 0 unspecified atom stereocenters. The summed E-state index contributed by atoms with van der Waals surface area (Å²) < 4.78 is 0. The van der Waals surface area contributed by atoms with Crippen molar-refractivity contribution in [1.29, 1.82) is 0 Å². The number of allylic oxidation sites excluding steroid dienone is 1. The number of rotatable bonds is 5. The van der Waals surface area contributed by atoms with E-state index < -0.39 is 0 Å². The van der Waals surface area contributed by atoms with Gasteiger partial charge >= 0.3 is 0 Å². The van der Waals surface area contributed by atoms with Crippen molar-refractivity contribution in [3.05, 3.63) is 168 Å². The Morgan fingerprint density at radius 3 is 1.14 bits per heavy atom. The highest BCUT2D eigenvalue weighted by atomic mass is 14.8. The van der Waals surface area contributed by atoms with Gasteiger partial charge < -0.3 is 9.97 Å². The van der Waals surface area contributed by atoms with Gasteiger partial charge in [-0.3, -0.25) is 0 Å². The van der Waals surface area contributed by atoms with Gasteiger partial charge in [0.15, 0.2) is 0 Å². The van der Waals surface area contributed by atoms with Crippen molar-refractivity contribution in [3.8, 4) is 44.5 Å². The molecule has 7 aromatic rings. The third-order valence-electron chi connectivity index (χ3n) is 9.76. The summed E-state index contributed by atoms with van der Waals surface area (Å²) in [6.45, 7) is 4.51. The fraction of sp³-hybridized carbons (Fsp3) is 0.0638. The molecule has 0 saturated heterocycles. The van der Waals surface area contributed by atoms with Crippen LogP contribution in [0.25, 0.3) is 90.4 Å². The van der Waals surface area contributed by atoms with E-state index in [2.05, 4.69) is 188 Å². The van der Waals surface area contributed by atoms with E-state index in [1.165, 1.54) is 5.57 Å². The fourth-order valence-electron chi connectivity index (χ4n) is 7.38. The summed E-state index contributed by atoms with van der Waals surface area (Å²) in [5.41, 5.74) is 17.6. The van der Waals surface area contributed by atoms with Crippen LogP contribution in [0.5, 0.6) is 0 Å². The maximum atomic E-state index is 5.57. The third-order valence-corrected chi connectivity index (χ3v) is 9.76. The van der Waals surface area contributed by atoms with E-state index >= 15 is 0 Å². The molecule has 0 amide bonds. The molecule has 4 heteroatoms. The average molecular weight is 657 g/mol. The Morgan fingerprint density at radius 2 is 0.745 bits per heavy atom. The topological polar surface area (TPSA) is 57.4 Å². The lowest BCUT2D eigenvalue weighted by Gasteiger charge is -2.11. The van der Waals surface area contributed by atoms with E-state index in [1.54, 1.807) is 0 Å². The molecule has 3 aromatic heterocycles. The Morgan fingerprint density at radius 1 is 0.392 bits per heavy atom. The second-order valence-electron chi connectivity index (χ2n) is 13.4. The largest absolute Gasteiger partial charge is 0.354 e. The summed E-state index contributed by atoms with van der Waals surface area (Å²) >= 11 is 0. The minimum absolute atomic E-state index is 0.240. The Balaban J connectivity index is 1.52. The number of nitrogens with one attached hydrogen (secondary N) is 2. The van der Waals surface area contributed by atoms with Crippen LogP contribution in [0.2, 0.25) is 0 Å². The van der Waals surface area contributed by atoms with Crippen LogP contribution in [0, 0.1) is 5.92 Å². The van der Waals surface area contributed by atoms with Crippen molar-refractivity contribution >= 4 is 45.9 Å². The molecule has 0 radical (unpaired) electrons. The monoisotopic (exact) mass is 656 g/mol. The molecule has 0 fully saturated rings. The lowest BCUT2D eigenvalue weighted by molar-refractivity contribution is 0.858. The number of aromatic amines is 2. The number of nitrogens with zero attached hydrogens (tertiary/aromatic N) is 2. The number of H-pyrrole nitrogens is 2. The molecule has 8 bridgehead atoms. The summed E-state index contributed by atoms with van der Waals surface area (Å²) in [5, 5.41) is 0. The minimum atomic E-state index is 0.240. The summed E-state index contributed by atoms with van der Waals surface area (Å²) in [6.07, 6.45) is 6.58. The highest BCUT2D eigenvalue weighted by Crippen LogP contribution is 2.42. The molecule has 0 aliphatic carbocycles. The fourth-order valence-corrected chi connectivity index (χ4v) is 7.38. The first-order chi connectivity index (χ1) is 25.1. The molecule has 2 aliphatic rings. The van der Waals surface area contributed by atoms with Crippen LogP contribution in [0.3, 0.4) is 0 Å². The van der Waals surface area contributed by atoms with Gasteiger partial charge in [0.1, 0.15) is 0 Å². The van der Waals surface area contributed by atoms with Gasteiger partial charge in [0.05, 0.1) is 22.8 Å². The molecule has 0 saturated carbocycles. The maximum absolute atomic E-state index is 5.57. The van der Waals surface area contributed by atoms with E-state index in [0.717, 1.165) is 89.4 Å². The standard InChI is InChI=1S/C47H36N4/c1-30(2)35-29-42-45(33-19-11-5-12-20-33)40-26-25-38(49-40)43(31-15-7-3-8-16-31)36-23-24-37(48-36)44(32-17-9-4-10-18-32)39-27-28-41(50-39)46(47(35)51-42)34-21-13-6-14-22-34/h3-30,49-50H,1-2H3. The van der Waals surface area contributed by atoms with Crippen LogP contribution >= 0.6 is 0 Å². The summed E-state index contributed by atoms with van der Waals surface area (Å²) in [6, 6.07) is 51.1. The normalized spacial score (nSPS) is 12.3. The Kier molecular flexibility index (Phi) is 7.63. The lowest BCUT2D eigenvalue weighted by Crippen LogP contribution is -1.95. The molecular weight excluding hydrogens is 621 g/mol. The minimum Gasteiger partial charge on any atom is -0.354 e. The average Bonchev–Trinajstić information content (AvgIpc) is 4.00. The zero-order chi connectivity index (χ0) is 34.3. The first-order valence-corrected chi connectivity index (χ1v) is 17.5. The molecule has 9 rings (SSSR count). The van der Waals surface area contributed by atoms with E-state index in [9.17, 15) is 0 Å². The van der Waals surface area contributed by atoms with Gasteiger partial charge in [-0.1, -0.05) is 135 Å². The molecule has 5 heterocycles. The van der Waals surface area contributed by atoms with Crippen LogP contribution in [0.1, 0.15) is 36.6 Å². The highest BCUT2D eigenvalue weighted by molar-refractivity contribution is 6.02. The van der Waals surface area contributed by atoms with Crippen molar-refractivity contribution in [3.63, 3.8) is 0 Å². The van der Waals surface area contributed by atoms with Crippen LogP contribution in [-0.4, -0.2) is 19.9 Å². The summed E-state index contributed by atoms with van der Waals surface area (Å²) in [4.78, 5) is 18.7. The van der Waals surface area contributed by atoms with Crippen molar-refractivity contribution in [2.75, 3.05) is 0 Å². The summed E-state index contributed by atoms with van der Waals surface area (Å²) in [7, 11) is 0. The van der Waals surface area contributed by atoms with Crippen LogP contribution in [-0.2, 0) is 0 Å². The molecular formula is C47H36N4. The Bertz CT molecular complexity index is 2630. The second-order valence-corrected chi connectivity index (χ2v) is 13.4. The SMILES string of the molecule is CC(C)C1=Cc2nc1c(-c1ccccc1)c1ccc([nH]1)c(-c1ccccc1)c1nc(c(-c3ccccc3)c3ccc([nH]3)c2-c2ccccc2)C=C1. The zero-order valence-corrected chi connectivity index (χ0v) is 28.6. The zero-order valence-electron chi connectivity index (χ0n) is 28.6. The Hall–Kier alpha value is -6.52. The molecule has 0 spiro atoms. The number of fused-ring (bicyclic) bond motifs is 8. The maximum Gasteiger partial charge on any atom is 0.0771 e. The van der Waals surface area contributed by atoms with Gasteiger partial charge in [-0.2, -0.15) is 0 Å². The van der Waals surface area contributed by atoms with Crippen LogP contribution in [0.15, 0.2) is 146 Å². The van der Waals surface area contributed by atoms with E-state index in [0.29, 0.717) is 0 Å². The van der Waals surface area contributed by atoms with E-state index in [1.807, 2.05) is 0 Å². The van der Waals surface area contributed by atoms with Gasteiger partial charge in [0, 0.05) is 44.3 Å². The van der Waals surface area contributed by atoms with Crippen molar-refractivity contribution in [1.82, 2.24) is 19.9 Å². The molecule has 51 heavy (non-hydrogen) atoms. The smallest absolute Gasteiger partial charge is 0.0771 e. The molecule has 4 aromatic carbocycles. The van der Waals surface area contributed by atoms with Gasteiger partial charge in [0.2, 0.25) is 0 Å². The first kappa shape index (κ1) is 30.5. The number of aromatic nitrogens is 4. The van der Waals surface area contributed by atoms with Gasteiger partial charge in [-0.25, -0.2) is 9.97 Å². The lowest BCUT2D eigenvalue weighted by atomic mass is 9.93. The van der Waals surface area contributed by atoms with Crippen molar-refractivity contribution < 1.29 is 0 Å². The van der Waals surface area contributed by atoms with Crippen molar-refractivity contribution in [2.45, 2.75) is 13.8 Å². The van der Waals surface area contributed by atoms with Gasteiger partial charge in [0.25, 0.3) is 0 Å². The van der Waals surface area contributed by atoms with Crippen LogP contribution < -0.4 is 0 Å². The number of hydrogen-bond acceptors (Lipinski definition) is 2.